The molecule has 1 aliphatic carbocycles. The van der Waals surface area contributed by atoms with Crippen molar-refractivity contribution in [1.82, 2.24) is 10.3 Å². The predicted octanol–water partition coefficient (Wildman–Crippen LogP) is 3.87. The fourth-order valence-electron chi connectivity index (χ4n) is 4.15. The molecule has 3 rings (SSSR count). The minimum atomic E-state index is -0.945. The minimum Gasteiger partial charge on any atom is -0.503 e. The van der Waals surface area contributed by atoms with Gasteiger partial charge in [-0.25, -0.2) is 9.78 Å². The SMILES string of the molecule is COc1ccnc(C(=O)N[C@@H](C)C(=O)O[C@H](C2CCCCC2)[C@H](C)Oc2ccccc2)c1O. The first-order chi connectivity index (χ1) is 15.9. The molecule has 1 heterocycles. The van der Waals surface area contributed by atoms with Crippen LogP contribution >= 0.6 is 0 Å². The summed E-state index contributed by atoms with van der Waals surface area (Å²) in [7, 11) is 1.38. The van der Waals surface area contributed by atoms with E-state index in [1.54, 1.807) is 0 Å². The molecule has 0 saturated heterocycles. The Morgan fingerprint density at radius 2 is 1.79 bits per heavy atom. The molecule has 33 heavy (non-hydrogen) atoms. The number of aromatic hydroxyl groups is 1. The van der Waals surface area contributed by atoms with Crippen LogP contribution in [0.4, 0.5) is 0 Å². The zero-order chi connectivity index (χ0) is 23.8. The average molecular weight is 457 g/mol. The van der Waals surface area contributed by atoms with Crippen LogP contribution in [0.1, 0.15) is 56.4 Å². The van der Waals surface area contributed by atoms with Gasteiger partial charge in [-0.2, -0.15) is 0 Å². The van der Waals surface area contributed by atoms with Gasteiger partial charge in [0.2, 0.25) is 0 Å². The molecule has 2 aromatic rings. The molecular formula is C25H32N2O6. The Labute approximate surface area is 194 Å². The second-order valence-electron chi connectivity index (χ2n) is 8.34. The number of nitrogens with zero attached hydrogens (tertiary/aromatic N) is 1. The maximum Gasteiger partial charge on any atom is 0.328 e. The molecule has 1 aromatic carbocycles. The van der Waals surface area contributed by atoms with E-state index in [9.17, 15) is 14.7 Å². The number of methoxy groups -OCH3 is 1. The molecule has 1 aliphatic rings. The van der Waals surface area contributed by atoms with Crippen LogP contribution in [0.2, 0.25) is 0 Å². The minimum absolute atomic E-state index is 0.120. The monoisotopic (exact) mass is 456 g/mol. The topological polar surface area (TPSA) is 107 Å². The maximum atomic E-state index is 12.9. The summed E-state index contributed by atoms with van der Waals surface area (Å²) in [6, 6.07) is 9.92. The van der Waals surface area contributed by atoms with Crippen LogP contribution in [0.15, 0.2) is 42.6 Å². The normalized spacial score (nSPS) is 16.8. The summed E-state index contributed by atoms with van der Waals surface area (Å²) >= 11 is 0. The molecule has 2 N–H and O–H groups in total. The van der Waals surface area contributed by atoms with Crippen LogP contribution in [0.3, 0.4) is 0 Å². The lowest BCUT2D eigenvalue weighted by Crippen LogP contribution is -2.46. The number of hydrogen-bond acceptors (Lipinski definition) is 7. The van der Waals surface area contributed by atoms with E-state index in [-0.39, 0.29) is 29.2 Å². The van der Waals surface area contributed by atoms with E-state index < -0.39 is 24.0 Å². The predicted molar refractivity (Wildman–Crippen MR) is 122 cm³/mol. The second-order valence-corrected chi connectivity index (χ2v) is 8.34. The lowest BCUT2D eigenvalue weighted by atomic mass is 9.83. The quantitative estimate of drug-likeness (QED) is 0.552. The van der Waals surface area contributed by atoms with Gasteiger partial charge < -0.3 is 24.6 Å². The number of aromatic nitrogens is 1. The van der Waals surface area contributed by atoms with Crippen LogP contribution in [0.5, 0.6) is 17.2 Å². The summed E-state index contributed by atoms with van der Waals surface area (Å²) in [6.07, 6.45) is 5.82. The number of esters is 1. The molecule has 0 spiro atoms. The van der Waals surface area contributed by atoms with Gasteiger partial charge >= 0.3 is 5.97 Å². The van der Waals surface area contributed by atoms with Crippen molar-refractivity contribution in [3.05, 3.63) is 48.3 Å². The van der Waals surface area contributed by atoms with Crippen molar-refractivity contribution in [3.8, 4) is 17.2 Å². The van der Waals surface area contributed by atoms with Crippen molar-refractivity contribution in [2.75, 3.05) is 7.11 Å². The maximum absolute atomic E-state index is 12.9. The molecule has 0 bridgehead atoms. The van der Waals surface area contributed by atoms with Gasteiger partial charge in [-0.3, -0.25) is 4.79 Å². The average Bonchev–Trinajstić information content (AvgIpc) is 2.83. The lowest BCUT2D eigenvalue weighted by Gasteiger charge is -2.34. The van der Waals surface area contributed by atoms with Crippen LogP contribution in [0.25, 0.3) is 0 Å². The van der Waals surface area contributed by atoms with Crippen molar-refractivity contribution >= 4 is 11.9 Å². The smallest absolute Gasteiger partial charge is 0.328 e. The standard InChI is InChI=1S/C25H32N2O6/c1-16(27-24(29)21-22(28)20(31-3)14-15-26-21)25(30)33-23(18-10-6-4-7-11-18)17(2)32-19-12-8-5-9-13-19/h5,8-9,12-18,23,28H,4,6-7,10-11H2,1-3H3,(H,27,29)/t16-,17-,23-/m0/s1. The molecule has 1 amide bonds. The van der Waals surface area contributed by atoms with Crippen molar-refractivity contribution in [3.63, 3.8) is 0 Å². The van der Waals surface area contributed by atoms with Crippen molar-refractivity contribution in [2.24, 2.45) is 5.92 Å². The Morgan fingerprint density at radius 3 is 2.45 bits per heavy atom. The molecule has 1 fully saturated rings. The number of benzene rings is 1. The van der Waals surface area contributed by atoms with Crippen molar-refractivity contribution < 1.29 is 28.9 Å². The number of carbonyl (C=O) groups excluding carboxylic acids is 2. The zero-order valence-corrected chi connectivity index (χ0v) is 19.3. The number of carbonyl (C=O) groups is 2. The third-order valence-electron chi connectivity index (χ3n) is 5.92. The second kappa shape index (κ2) is 11.5. The Morgan fingerprint density at radius 1 is 1.09 bits per heavy atom. The lowest BCUT2D eigenvalue weighted by molar-refractivity contribution is -0.160. The van der Waals surface area contributed by atoms with E-state index in [1.807, 2.05) is 37.3 Å². The highest BCUT2D eigenvalue weighted by Gasteiger charge is 2.34. The molecule has 1 aromatic heterocycles. The zero-order valence-electron chi connectivity index (χ0n) is 19.3. The molecule has 178 valence electrons. The largest absolute Gasteiger partial charge is 0.503 e. The first kappa shape index (κ1) is 24.4. The Kier molecular flexibility index (Phi) is 8.52. The fourth-order valence-corrected chi connectivity index (χ4v) is 4.15. The van der Waals surface area contributed by atoms with Gasteiger partial charge in [0.15, 0.2) is 17.2 Å². The molecule has 0 aliphatic heterocycles. The Balaban J connectivity index is 1.68. The summed E-state index contributed by atoms with van der Waals surface area (Å²) in [5, 5.41) is 12.7. The van der Waals surface area contributed by atoms with Crippen LogP contribution in [0, 0.1) is 5.92 Å². The summed E-state index contributed by atoms with van der Waals surface area (Å²) in [4.78, 5) is 29.4. The number of ether oxygens (including phenoxy) is 3. The fraction of sp³-hybridized carbons (Fsp3) is 0.480. The molecular weight excluding hydrogens is 424 g/mol. The number of pyridine rings is 1. The highest BCUT2D eigenvalue weighted by Crippen LogP contribution is 2.31. The third-order valence-corrected chi connectivity index (χ3v) is 5.92. The highest BCUT2D eigenvalue weighted by atomic mass is 16.6. The van der Waals surface area contributed by atoms with E-state index in [0.717, 1.165) is 25.7 Å². The van der Waals surface area contributed by atoms with Crippen LogP contribution in [-0.2, 0) is 9.53 Å². The van der Waals surface area contributed by atoms with Gasteiger partial charge in [0.05, 0.1) is 7.11 Å². The summed E-state index contributed by atoms with van der Waals surface area (Å²) in [5.74, 6) is -0.627. The van der Waals surface area contributed by atoms with Crippen molar-refractivity contribution in [1.29, 1.82) is 0 Å². The van der Waals surface area contributed by atoms with Crippen molar-refractivity contribution in [2.45, 2.75) is 64.2 Å². The first-order valence-electron chi connectivity index (χ1n) is 11.4. The van der Waals surface area contributed by atoms with E-state index in [1.165, 1.54) is 32.7 Å². The van der Waals surface area contributed by atoms with Gasteiger partial charge in [0.25, 0.3) is 5.91 Å². The Bertz CT molecular complexity index is 930. The third kappa shape index (κ3) is 6.37. The molecule has 8 nitrogen and oxygen atoms in total. The van der Waals surface area contributed by atoms with Gasteiger partial charge in [-0.15, -0.1) is 0 Å². The Hall–Kier alpha value is -3.29. The number of hydrogen-bond donors (Lipinski definition) is 2. The summed E-state index contributed by atoms with van der Waals surface area (Å²) in [6.45, 7) is 3.44. The molecule has 1 saturated carbocycles. The highest BCUT2D eigenvalue weighted by molar-refractivity contribution is 5.97. The van der Waals surface area contributed by atoms with E-state index in [0.29, 0.717) is 5.75 Å². The summed E-state index contributed by atoms with van der Waals surface area (Å²) < 4.78 is 17.0. The van der Waals surface area contributed by atoms with Gasteiger partial charge in [0.1, 0.15) is 24.0 Å². The molecule has 0 unspecified atom stereocenters. The number of nitrogens with one attached hydrogen (secondary N) is 1. The summed E-state index contributed by atoms with van der Waals surface area (Å²) in [5.41, 5.74) is -0.224. The van der Waals surface area contributed by atoms with Gasteiger partial charge in [0, 0.05) is 12.3 Å². The number of rotatable bonds is 9. The van der Waals surface area contributed by atoms with Crippen LogP contribution in [-0.4, -0.2) is 47.3 Å². The molecule has 3 atom stereocenters. The number of para-hydroxylation sites is 1. The molecule has 8 heteroatoms. The van der Waals surface area contributed by atoms with Gasteiger partial charge in [-0.05, 0) is 44.7 Å². The number of amides is 1. The molecule has 0 radical (unpaired) electrons. The van der Waals surface area contributed by atoms with Gasteiger partial charge in [-0.1, -0.05) is 37.5 Å². The van der Waals surface area contributed by atoms with E-state index in [2.05, 4.69) is 10.3 Å². The van der Waals surface area contributed by atoms with E-state index >= 15 is 0 Å². The first-order valence-corrected chi connectivity index (χ1v) is 11.4. The van der Waals surface area contributed by atoms with Crippen LogP contribution < -0.4 is 14.8 Å². The van der Waals surface area contributed by atoms with E-state index in [4.69, 9.17) is 14.2 Å².